The molecule has 0 heterocycles. The highest BCUT2D eigenvalue weighted by Crippen LogP contribution is 2.45. The fraction of sp³-hybridized carbons (Fsp3) is 0.864. The lowest BCUT2D eigenvalue weighted by molar-refractivity contribution is -0.333. The van der Waals surface area contributed by atoms with Gasteiger partial charge in [0.25, 0.3) is 0 Å². The molecule has 1 fully saturated rings. The number of aliphatic hydroxyl groups is 1. The van der Waals surface area contributed by atoms with Crippen LogP contribution >= 0.6 is 0 Å². The van der Waals surface area contributed by atoms with Crippen molar-refractivity contribution in [3.63, 3.8) is 0 Å². The molecule has 1 aliphatic rings. The average Bonchev–Trinajstić information content (AvgIpc) is 2.55. The molecule has 0 saturated heterocycles. The van der Waals surface area contributed by atoms with Crippen molar-refractivity contribution in [2.75, 3.05) is 0 Å². The van der Waals surface area contributed by atoms with E-state index < -0.39 is 23.0 Å². The third kappa shape index (κ3) is 6.20. The van der Waals surface area contributed by atoms with Crippen LogP contribution in [0.4, 0.5) is 13.2 Å². The summed E-state index contributed by atoms with van der Waals surface area (Å²) < 4.78 is 51.7. The summed E-state index contributed by atoms with van der Waals surface area (Å²) in [5.41, 5.74) is -5.21. The van der Waals surface area contributed by atoms with Gasteiger partial charge in [0.2, 0.25) is 0 Å². The van der Waals surface area contributed by atoms with E-state index in [-0.39, 0.29) is 18.0 Å². The molecular formula is C22H37F3O4. The summed E-state index contributed by atoms with van der Waals surface area (Å²) in [5.74, 6) is -0.335. The quantitative estimate of drug-likeness (QED) is 0.421. The summed E-state index contributed by atoms with van der Waals surface area (Å²) in [6.07, 6.45) is 0.0806. The lowest BCUT2D eigenvalue weighted by Gasteiger charge is -2.49. The smallest absolute Gasteiger partial charge is 0.419 e. The van der Waals surface area contributed by atoms with E-state index >= 15 is 0 Å². The highest BCUT2D eigenvalue weighted by atomic mass is 19.4. The van der Waals surface area contributed by atoms with Crippen molar-refractivity contribution in [2.24, 2.45) is 5.92 Å². The Hall–Kier alpha value is -1.08. The molecule has 170 valence electrons. The van der Waals surface area contributed by atoms with Gasteiger partial charge in [0.15, 0.2) is 5.60 Å². The lowest BCUT2D eigenvalue weighted by atomic mass is 9.76. The second-order valence-corrected chi connectivity index (χ2v) is 9.21. The van der Waals surface area contributed by atoms with E-state index in [1.54, 1.807) is 6.92 Å². The maximum absolute atomic E-state index is 13.4. The molecule has 7 heteroatoms. The van der Waals surface area contributed by atoms with Crippen molar-refractivity contribution >= 4 is 5.97 Å². The Balaban J connectivity index is 2.87. The normalized spacial score (nSPS) is 25.9. The minimum atomic E-state index is -4.80. The molecule has 29 heavy (non-hydrogen) atoms. The van der Waals surface area contributed by atoms with Crippen molar-refractivity contribution < 1.29 is 32.5 Å². The Labute approximate surface area is 172 Å². The molecule has 0 bridgehead atoms. The summed E-state index contributed by atoms with van der Waals surface area (Å²) in [4.78, 5) is 11.8. The van der Waals surface area contributed by atoms with Crippen LogP contribution < -0.4 is 0 Å². The van der Waals surface area contributed by atoms with E-state index in [1.807, 2.05) is 13.8 Å². The zero-order valence-corrected chi connectivity index (χ0v) is 18.6. The molecule has 0 radical (unpaired) electrons. The standard InChI is InChI=1S/C22H37F3O4/c1-8-20(6,29-19(4,5)21(7,27)22(23,24)25)16-11-9-13-17(14-10-12-16)28-18(26)15(2)3/h16-17,27H,2,8-14H2,1,3-7H3. The van der Waals surface area contributed by atoms with Crippen LogP contribution in [0.5, 0.6) is 0 Å². The van der Waals surface area contributed by atoms with Crippen LogP contribution in [-0.4, -0.2) is 40.2 Å². The van der Waals surface area contributed by atoms with Gasteiger partial charge >= 0.3 is 12.1 Å². The van der Waals surface area contributed by atoms with Crippen LogP contribution in [0.2, 0.25) is 0 Å². The largest absolute Gasteiger partial charge is 0.459 e. The molecule has 1 saturated carbocycles. The predicted octanol–water partition coefficient (Wildman–Crippen LogP) is 5.72. The van der Waals surface area contributed by atoms with Gasteiger partial charge in [-0.2, -0.15) is 13.2 Å². The maximum atomic E-state index is 13.4. The first-order chi connectivity index (χ1) is 13.1. The number of esters is 1. The molecule has 1 rings (SSSR count). The predicted molar refractivity (Wildman–Crippen MR) is 106 cm³/mol. The number of carbonyl (C=O) groups is 1. The number of rotatable bonds is 7. The van der Waals surface area contributed by atoms with Gasteiger partial charge in [-0.05, 0) is 85.5 Å². The Kier molecular flexibility index (Phi) is 8.39. The van der Waals surface area contributed by atoms with E-state index in [0.717, 1.165) is 32.6 Å². The fourth-order valence-corrected chi connectivity index (χ4v) is 3.92. The summed E-state index contributed by atoms with van der Waals surface area (Å²) in [6, 6.07) is 0. The van der Waals surface area contributed by atoms with Gasteiger partial charge in [0.1, 0.15) is 11.7 Å². The number of ether oxygens (including phenoxy) is 2. The first-order valence-electron chi connectivity index (χ1n) is 10.4. The van der Waals surface area contributed by atoms with Crippen LogP contribution in [0.25, 0.3) is 0 Å². The SMILES string of the molecule is C=C(C)C(=O)OC1CCCC(C(C)(CC)OC(C)(C)C(C)(O)C(F)(F)F)CCC1. The van der Waals surface area contributed by atoms with Gasteiger partial charge in [-0.3, -0.25) is 0 Å². The molecule has 0 amide bonds. The van der Waals surface area contributed by atoms with Crippen molar-refractivity contribution in [1.82, 2.24) is 0 Å². The zero-order valence-electron chi connectivity index (χ0n) is 18.6. The maximum Gasteiger partial charge on any atom is 0.419 e. The average molecular weight is 423 g/mol. The minimum Gasteiger partial charge on any atom is -0.459 e. The Morgan fingerprint density at radius 3 is 1.93 bits per heavy atom. The van der Waals surface area contributed by atoms with E-state index in [4.69, 9.17) is 9.47 Å². The summed E-state index contributed by atoms with van der Waals surface area (Å²) in [5, 5.41) is 10.2. The second kappa shape index (κ2) is 9.38. The van der Waals surface area contributed by atoms with Crippen molar-refractivity contribution in [2.45, 2.75) is 116 Å². The molecule has 0 aliphatic heterocycles. The lowest BCUT2D eigenvalue weighted by Crippen LogP contribution is -2.62. The van der Waals surface area contributed by atoms with Gasteiger partial charge < -0.3 is 14.6 Å². The van der Waals surface area contributed by atoms with Gasteiger partial charge in [-0.15, -0.1) is 0 Å². The molecule has 0 spiro atoms. The van der Waals surface area contributed by atoms with Gasteiger partial charge in [0.05, 0.1) is 5.60 Å². The second-order valence-electron chi connectivity index (χ2n) is 9.21. The van der Waals surface area contributed by atoms with Gasteiger partial charge in [-0.1, -0.05) is 13.5 Å². The van der Waals surface area contributed by atoms with Crippen molar-refractivity contribution in [1.29, 1.82) is 0 Å². The Morgan fingerprint density at radius 1 is 1.07 bits per heavy atom. The van der Waals surface area contributed by atoms with Crippen molar-refractivity contribution in [3.8, 4) is 0 Å². The van der Waals surface area contributed by atoms with Crippen LogP contribution in [0.15, 0.2) is 12.2 Å². The van der Waals surface area contributed by atoms with E-state index in [2.05, 4.69) is 6.58 Å². The number of hydrogen-bond acceptors (Lipinski definition) is 4. The highest BCUT2D eigenvalue weighted by molar-refractivity contribution is 5.87. The van der Waals surface area contributed by atoms with Crippen LogP contribution in [0.1, 0.15) is 86.5 Å². The molecule has 0 aromatic rings. The van der Waals surface area contributed by atoms with E-state index in [1.165, 1.54) is 13.8 Å². The third-order valence-electron chi connectivity index (χ3n) is 6.56. The molecular weight excluding hydrogens is 385 g/mol. The molecule has 1 aliphatic carbocycles. The fourth-order valence-electron chi connectivity index (χ4n) is 3.92. The van der Waals surface area contributed by atoms with Crippen LogP contribution in [0.3, 0.4) is 0 Å². The Bertz CT molecular complexity index is 573. The highest BCUT2D eigenvalue weighted by Gasteiger charge is 2.61. The molecule has 2 unspecified atom stereocenters. The summed E-state index contributed by atoms with van der Waals surface area (Å²) in [7, 11) is 0. The Morgan fingerprint density at radius 2 is 1.55 bits per heavy atom. The molecule has 1 N–H and O–H groups in total. The summed E-state index contributed by atoms with van der Waals surface area (Å²) in [6.45, 7) is 12.3. The topological polar surface area (TPSA) is 55.8 Å². The molecule has 2 atom stereocenters. The number of halogens is 3. The molecule has 0 aromatic heterocycles. The van der Waals surface area contributed by atoms with E-state index in [9.17, 15) is 23.1 Å². The molecule has 0 aromatic carbocycles. The summed E-state index contributed by atoms with van der Waals surface area (Å²) >= 11 is 0. The van der Waals surface area contributed by atoms with Crippen LogP contribution in [0, 0.1) is 5.92 Å². The van der Waals surface area contributed by atoms with Crippen LogP contribution in [-0.2, 0) is 14.3 Å². The van der Waals surface area contributed by atoms with Gasteiger partial charge in [-0.25, -0.2) is 4.79 Å². The third-order valence-corrected chi connectivity index (χ3v) is 6.56. The number of alkyl halides is 3. The first kappa shape index (κ1) is 26.0. The first-order valence-corrected chi connectivity index (χ1v) is 10.4. The zero-order chi connectivity index (χ0) is 22.7. The number of hydrogen-bond donors (Lipinski definition) is 1. The van der Waals surface area contributed by atoms with E-state index in [0.29, 0.717) is 24.8 Å². The molecule has 4 nitrogen and oxygen atoms in total. The monoisotopic (exact) mass is 422 g/mol. The van der Waals surface area contributed by atoms with Crippen molar-refractivity contribution in [3.05, 3.63) is 12.2 Å². The van der Waals surface area contributed by atoms with Gasteiger partial charge in [0, 0.05) is 5.57 Å². The minimum absolute atomic E-state index is 0.0496. The number of carbonyl (C=O) groups excluding carboxylic acids is 1.